The van der Waals surface area contributed by atoms with Gasteiger partial charge in [0.25, 0.3) is 11.6 Å². The zero-order valence-corrected chi connectivity index (χ0v) is 15.8. The Morgan fingerprint density at radius 2 is 2.07 bits per heavy atom. The predicted octanol–water partition coefficient (Wildman–Crippen LogP) is 3.81. The van der Waals surface area contributed by atoms with Gasteiger partial charge in [0.2, 0.25) is 0 Å². The van der Waals surface area contributed by atoms with E-state index >= 15 is 0 Å². The van der Waals surface area contributed by atoms with E-state index in [9.17, 15) is 14.9 Å². The van der Waals surface area contributed by atoms with Gasteiger partial charge in [0.1, 0.15) is 5.15 Å². The number of nitrogens with one attached hydrogen (secondary N) is 1. The molecule has 0 saturated carbocycles. The highest BCUT2D eigenvalue weighted by Gasteiger charge is 2.13. The third-order valence-electron chi connectivity index (χ3n) is 4.14. The topological polar surface area (TPSA) is 102 Å². The smallest absolute Gasteiger partial charge is 0.274 e. The molecule has 0 fully saturated rings. The summed E-state index contributed by atoms with van der Waals surface area (Å²) in [7, 11) is 0. The van der Waals surface area contributed by atoms with Crippen molar-refractivity contribution < 1.29 is 9.72 Å². The molecule has 3 aromatic rings. The minimum Gasteiger partial charge on any atom is -0.318 e. The summed E-state index contributed by atoms with van der Waals surface area (Å²) in [5.74, 6) is -0.471. The molecule has 1 N–H and O–H groups in total. The maximum absolute atomic E-state index is 12.1. The van der Waals surface area contributed by atoms with Crippen LogP contribution in [0.2, 0.25) is 5.15 Å². The summed E-state index contributed by atoms with van der Waals surface area (Å²) in [4.78, 5) is 26.6. The second-order valence-corrected chi connectivity index (χ2v) is 6.34. The van der Waals surface area contributed by atoms with Crippen molar-refractivity contribution in [1.82, 2.24) is 15.0 Å². The molecule has 1 aromatic carbocycles. The van der Waals surface area contributed by atoms with E-state index < -0.39 is 10.8 Å². The third kappa shape index (κ3) is 3.91. The fourth-order valence-electron chi connectivity index (χ4n) is 2.84. The van der Waals surface area contributed by atoms with E-state index in [0.29, 0.717) is 5.69 Å². The van der Waals surface area contributed by atoms with Crippen molar-refractivity contribution in [3.8, 4) is 5.69 Å². The number of rotatable bonds is 5. The standard InChI is InChI=1S/C19H16ClN5O3/c1-12-9-14(11-22-23-19(26)17-7-4-8-21-18(17)20)13(2)24(12)15-5-3-6-16(10-15)25(27)28/h3-11H,1-2H3,(H,23,26). The molecular formula is C19H16ClN5O3. The Labute approximate surface area is 165 Å². The van der Waals surface area contributed by atoms with Gasteiger partial charge in [0, 0.05) is 35.3 Å². The van der Waals surface area contributed by atoms with Crippen LogP contribution in [0.1, 0.15) is 27.3 Å². The summed E-state index contributed by atoms with van der Waals surface area (Å²) < 4.78 is 1.88. The van der Waals surface area contributed by atoms with Crippen molar-refractivity contribution in [2.24, 2.45) is 5.10 Å². The summed E-state index contributed by atoms with van der Waals surface area (Å²) >= 11 is 5.89. The highest BCUT2D eigenvalue weighted by molar-refractivity contribution is 6.32. The number of hydrazone groups is 1. The number of carbonyl (C=O) groups excluding carboxylic acids is 1. The van der Waals surface area contributed by atoms with Gasteiger partial charge in [-0.3, -0.25) is 14.9 Å². The van der Waals surface area contributed by atoms with Gasteiger partial charge in [-0.2, -0.15) is 5.10 Å². The Balaban J connectivity index is 1.83. The Morgan fingerprint density at radius 1 is 1.29 bits per heavy atom. The molecule has 0 spiro atoms. The number of nitrogens with zero attached hydrogens (tertiary/aromatic N) is 4. The quantitative estimate of drug-likeness (QED) is 0.306. The van der Waals surface area contributed by atoms with Gasteiger partial charge >= 0.3 is 0 Å². The van der Waals surface area contributed by atoms with E-state index in [1.807, 2.05) is 24.5 Å². The molecule has 0 unspecified atom stereocenters. The fourth-order valence-corrected chi connectivity index (χ4v) is 3.04. The molecule has 9 heteroatoms. The first-order valence-corrected chi connectivity index (χ1v) is 8.64. The predicted molar refractivity (Wildman–Crippen MR) is 106 cm³/mol. The minimum atomic E-state index is -0.471. The van der Waals surface area contributed by atoms with E-state index in [2.05, 4.69) is 15.5 Å². The highest BCUT2D eigenvalue weighted by atomic mass is 35.5. The van der Waals surface area contributed by atoms with Crippen molar-refractivity contribution in [3.63, 3.8) is 0 Å². The van der Waals surface area contributed by atoms with Crippen LogP contribution < -0.4 is 5.43 Å². The van der Waals surface area contributed by atoms with E-state index in [1.165, 1.54) is 24.5 Å². The second-order valence-electron chi connectivity index (χ2n) is 5.98. The number of non-ortho nitro benzene ring substituents is 1. The Morgan fingerprint density at radius 3 is 2.79 bits per heavy atom. The lowest BCUT2D eigenvalue weighted by atomic mass is 10.2. The number of benzene rings is 1. The van der Waals surface area contributed by atoms with Crippen molar-refractivity contribution in [2.75, 3.05) is 0 Å². The molecule has 142 valence electrons. The molecule has 2 heterocycles. The van der Waals surface area contributed by atoms with Crippen molar-refractivity contribution in [1.29, 1.82) is 0 Å². The molecule has 0 bridgehead atoms. The molecule has 0 saturated heterocycles. The lowest BCUT2D eigenvalue weighted by Crippen LogP contribution is -2.18. The highest BCUT2D eigenvalue weighted by Crippen LogP contribution is 2.23. The van der Waals surface area contributed by atoms with Crippen LogP contribution in [0.15, 0.2) is 53.8 Å². The Bertz CT molecular complexity index is 1090. The first kappa shape index (κ1) is 19.2. The number of nitro benzene ring substituents is 1. The van der Waals surface area contributed by atoms with Crippen molar-refractivity contribution >= 4 is 29.4 Å². The van der Waals surface area contributed by atoms with Gasteiger partial charge in [0.15, 0.2) is 0 Å². The van der Waals surface area contributed by atoms with Crippen LogP contribution in [0, 0.1) is 24.0 Å². The van der Waals surface area contributed by atoms with Gasteiger partial charge < -0.3 is 4.57 Å². The summed E-state index contributed by atoms with van der Waals surface area (Å²) in [5.41, 5.74) is 5.80. The molecule has 0 atom stereocenters. The molecule has 0 aliphatic carbocycles. The van der Waals surface area contributed by atoms with Gasteiger partial charge in [-0.15, -0.1) is 0 Å². The van der Waals surface area contributed by atoms with Crippen LogP contribution in [-0.2, 0) is 0 Å². The van der Waals surface area contributed by atoms with Crippen LogP contribution in [0.5, 0.6) is 0 Å². The van der Waals surface area contributed by atoms with Gasteiger partial charge in [-0.25, -0.2) is 10.4 Å². The number of nitro groups is 1. The lowest BCUT2D eigenvalue weighted by Gasteiger charge is -2.09. The normalized spacial score (nSPS) is 11.0. The number of amides is 1. The average Bonchev–Trinajstić information content (AvgIpc) is 2.95. The number of aryl methyl sites for hydroxylation is 1. The number of pyridine rings is 1. The first-order chi connectivity index (χ1) is 13.4. The van der Waals surface area contributed by atoms with Gasteiger partial charge in [-0.1, -0.05) is 17.7 Å². The lowest BCUT2D eigenvalue weighted by molar-refractivity contribution is -0.384. The molecular weight excluding hydrogens is 382 g/mol. The molecule has 0 aliphatic rings. The molecule has 28 heavy (non-hydrogen) atoms. The third-order valence-corrected chi connectivity index (χ3v) is 4.44. The van der Waals surface area contributed by atoms with Gasteiger partial charge in [0.05, 0.1) is 22.4 Å². The summed E-state index contributed by atoms with van der Waals surface area (Å²) in [6.07, 6.45) is 3.00. The van der Waals surface area contributed by atoms with E-state index in [4.69, 9.17) is 11.6 Å². The second kappa shape index (κ2) is 8.01. The summed E-state index contributed by atoms with van der Waals surface area (Å²) in [6, 6.07) is 11.4. The van der Waals surface area contributed by atoms with E-state index in [1.54, 1.807) is 24.3 Å². The molecule has 8 nitrogen and oxygen atoms in total. The number of carbonyl (C=O) groups is 1. The molecule has 2 aromatic heterocycles. The number of aromatic nitrogens is 2. The summed E-state index contributed by atoms with van der Waals surface area (Å²) in [5, 5.41) is 15.1. The Hall–Kier alpha value is -3.52. The van der Waals surface area contributed by atoms with Crippen LogP contribution in [0.4, 0.5) is 5.69 Å². The van der Waals surface area contributed by atoms with Crippen LogP contribution in [0.3, 0.4) is 0 Å². The average molecular weight is 398 g/mol. The van der Waals surface area contributed by atoms with Crippen molar-refractivity contribution in [3.05, 3.63) is 86.4 Å². The maximum Gasteiger partial charge on any atom is 0.274 e. The number of hydrogen-bond acceptors (Lipinski definition) is 5. The largest absolute Gasteiger partial charge is 0.318 e. The maximum atomic E-state index is 12.1. The number of halogens is 1. The van der Waals surface area contributed by atoms with Gasteiger partial charge in [-0.05, 0) is 38.1 Å². The molecule has 0 aliphatic heterocycles. The van der Waals surface area contributed by atoms with Crippen LogP contribution >= 0.6 is 11.6 Å². The summed E-state index contributed by atoms with van der Waals surface area (Å²) in [6.45, 7) is 3.75. The molecule has 3 rings (SSSR count). The number of hydrogen-bond donors (Lipinski definition) is 1. The minimum absolute atomic E-state index is 0.0147. The first-order valence-electron chi connectivity index (χ1n) is 8.26. The van der Waals surface area contributed by atoms with E-state index in [0.717, 1.165) is 17.0 Å². The Kier molecular flexibility index (Phi) is 5.51. The monoisotopic (exact) mass is 397 g/mol. The molecule has 0 radical (unpaired) electrons. The molecule has 1 amide bonds. The SMILES string of the molecule is Cc1cc(C=NNC(=O)c2cccnc2Cl)c(C)n1-c1cccc([N+](=O)[O-])c1. The zero-order valence-electron chi connectivity index (χ0n) is 15.1. The van der Waals surface area contributed by atoms with Crippen LogP contribution in [0.25, 0.3) is 5.69 Å². The van der Waals surface area contributed by atoms with Crippen molar-refractivity contribution in [2.45, 2.75) is 13.8 Å². The zero-order chi connectivity index (χ0) is 20.3. The van der Waals surface area contributed by atoms with E-state index in [-0.39, 0.29) is 16.4 Å². The fraction of sp³-hybridized carbons (Fsp3) is 0.105. The van der Waals surface area contributed by atoms with Crippen LogP contribution in [-0.4, -0.2) is 26.6 Å².